The van der Waals surface area contributed by atoms with Gasteiger partial charge in [-0.1, -0.05) is 0 Å². The fraction of sp³-hybridized carbons (Fsp3) is 0.231. The predicted molar refractivity (Wildman–Crippen MR) is 80.3 cm³/mol. The van der Waals surface area contributed by atoms with Crippen LogP contribution >= 0.6 is 38.6 Å². The Morgan fingerprint density at radius 2 is 2.22 bits per heavy atom. The van der Waals surface area contributed by atoms with Crippen molar-refractivity contribution in [3.8, 4) is 6.07 Å². The molecule has 18 heavy (non-hydrogen) atoms. The average Bonchev–Trinajstić information content (AvgIpc) is 3.01. The Hall–Kier alpha value is -0.960. The summed E-state index contributed by atoms with van der Waals surface area (Å²) in [6.07, 6.45) is 5.17. The minimum atomic E-state index is 0.791. The lowest BCUT2D eigenvalue weighted by Gasteiger charge is -1.91. The summed E-state index contributed by atoms with van der Waals surface area (Å²) in [5.41, 5.74) is 2.03. The van der Waals surface area contributed by atoms with Gasteiger partial charge in [0, 0.05) is 16.0 Å². The Morgan fingerprint density at radius 1 is 1.33 bits per heavy atom. The van der Waals surface area contributed by atoms with Crippen LogP contribution in [-0.2, 0) is 12.8 Å². The van der Waals surface area contributed by atoms with Gasteiger partial charge in [0.2, 0.25) is 0 Å². The van der Waals surface area contributed by atoms with Gasteiger partial charge in [0.05, 0.1) is 9.35 Å². The normalized spacial score (nSPS) is 14.0. The quantitative estimate of drug-likeness (QED) is 0.733. The van der Waals surface area contributed by atoms with Crippen LogP contribution in [0.1, 0.15) is 27.3 Å². The SMILES string of the molecule is N#Cc1c(N=Cc2ccc(Br)s2)sc2c1CCC2. The number of hydrogen-bond acceptors (Lipinski definition) is 4. The maximum atomic E-state index is 9.25. The van der Waals surface area contributed by atoms with Crippen molar-refractivity contribution >= 4 is 49.8 Å². The minimum absolute atomic E-state index is 0.791. The van der Waals surface area contributed by atoms with E-state index in [1.807, 2.05) is 18.3 Å². The fourth-order valence-electron chi connectivity index (χ4n) is 2.12. The zero-order valence-electron chi connectivity index (χ0n) is 9.44. The van der Waals surface area contributed by atoms with Gasteiger partial charge in [-0.3, -0.25) is 0 Å². The molecule has 0 saturated carbocycles. The number of halogens is 1. The lowest BCUT2D eigenvalue weighted by atomic mass is 10.1. The van der Waals surface area contributed by atoms with Crippen LogP contribution in [0.25, 0.3) is 0 Å². The summed E-state index contributed by atoms with van der Waals surface area (Å²) in [6.45, 7) is 0. The van der Waals surface area contributed by atoms with E-state index in [-0.39, 0.29) is 0 Å². The highest BCUT2D eigenvalue weighted by molar-refractivity contribution is 9.11. The van der Waals surface area contributed by atoms with Crippen LogP contribution in [0.3, 0.4) is 0 Å². The Kier molecular flexibility index (Phi) is 3.33. The molecule has 2 aromatic rings. The van der Waals surface area contributed by atoms with E-state index < -0.39 is 0 Å². The summed E-state index contributed by atoms with van der Waals surface area (Å²) < 4.78 is 1.10. The van der Waals surface area contributed by atoms with E-state index in [2.05, 4.69) is 27.0 Å². The third kappa shape index (κ3) is 2.16. The van der Waals surface area contributed by atoms with Crippen molar-refractivity contribution in [3.05, 3.63) is 36.8 Å². The van der Waals surface area contributed by atoms with E-state index in [0.29, 0.717) is 0 Å². The smallest absolute Gasteiger partial charge is 0.134 e. The van der Waals surface area contributed by atoms with Crippen LogP contribution in [0.2, 0.25) is 0 Å². The van der Waals surface area contributed by atoms with Gasteiger partial charge in [-0.2, -0.15) is 5.26 Å². The van der Waals surface area contributed by atoms with Gasteiger partial charge >= 0.3 is 0 Å². The van der Waals surface area contributed by atoms with Crippen LogP contribution in [0.4, 0.5) is 5.00 Å². The highest BCUT2D eigenvalue weighted by Gasteiger charge is 2.21. The number of hydrogen-bond donors (Lipinski definition) is 0. The Balaban J connectivity index is 1.94. The van der Waals surface area contributed by atoms with E-state index in [1.165, 1.54) is 16.9 Å². The van der Waals surface area contributed by atoms with Crippen molar-refractivity contribution in [1.82, 2.24) is 0 Å². The van der Waals surface area contributed by atoms with E-state index in [1.54, 1.807) is 22.7 Å². The number of fused-ring (bicyclic) bond motifs is 1. The van der Waals surface area contributed by atoms with E-state index in [9.17, 15) is 5.26 Å². The molecule has 1 aliphatic carbocycles. The standard InChI is InChI=1S/C13H9BrN2S2/c14-12-5-4-8(17-12)7-16-13-10(6-15)9-2-1-3-11(9)18-13/h4-5,7H,1-3H2. The van der Waals surface area contributed by atoms with Gasteiger partial charge in [-0.05, 0) is 52.9 Å². The summed E-state index contributed by atoms with van der Waals surface area (Å²) in [6, 6.07) is 6.33. The number of nitrogens with zero attached hydrogens (tertiary/aromatic N) is 2. The van der Waals surface area contributed by atoms with Gasteiger partial charge in [0.25, 0.3) is 0 Å². The molecule has 2 aromatic heterocycles. The predicted octanol–water partition coefficient (Wildman–Crippen LogP) is 4.68. The highest BCUT2D eigenvalue weighted by Crippen LogP contribution is 2.40. The average molecular weight is 337 g/mol. The maximum absolute atomic E-state index is 9.25. The first-order chi connectivity index (χ1) is 8.78. The van der Waals surface area contributed by atoms with Gasteiger partial charge in [0.15, 0.2) is 0 Å². The van der Waals surface area contributed by atoms with Gasteiger partial charge in [0.1, 0.15) is 11.1 Å². The number of nitriles is 1. The molecule has 0 bridgehead atoms. The first-order valence-electron chi connectivity index (χ1n) is 5.62. The summed E-state index contributed by atoms with van der Waals surface area (Å²) in [7, 11) is 0. The van der Waals surface area contributed by atoms with Gasteiger partial charge in [-0.15, -0.1) is 22.7 Å². The zero-order valence-corrected chi connectivity index (χ0v) is 12.7. The number of rotatable bonds is 2. The lowest BCUT2D eigenvalue weighted by Crippen LogP contribution is -1.80. The van der Waals surface area contributed by atoms with Crippen LogP contribution in [0.5, 0.6) is 0 Å². The molecule has 0 spiro atoms. The molecule has 2 nitrogen and oxygen atoms in total. The molecule has 0 aliphatic heterocycles. The zero-order chi connectivity index (χ0) is 12.5. The first-order valence-corrected chi connectivity index (χ1v) is 8.04. The van der Waals surface area contributed by atoms with Gasteiger partial charge in [-0.25, -0.2) is 4.99 Å². The third-order valence-corrected chi connectivity index (χ3v) is 5.68. The second kappa shape index (κ2) is 4.96. The summed E-state index contributed by atoms with van der Waals surface area (Å²) in [4.78, 5) is 6.93. The fourth-order valence-corrected chi connectivity index (χ4v) is 4.60. The number of thiophene rings is 2. The molecule has 3 rings (SSSR count). The highest BCUT2D eigenvalue weighted by atomic mass is 79.9. The molecule has 0 aromatic carbocycles. The third-order valence-electron chi connectivity index (χ3n) is 2.92. The number of aryl methyl sites for hydroxylation is 1. The monoisotopic (exact) mass is 336 g/mol. The van der Waals surface area contributed by atoms with Crippen LogP contribution < -0.4 is 0 Å². The summed E-state index contributed by atoms with van der Waals surface area (Å²) >= 11 is 6.74. The Labute approximate surface area is 122 Å². The van der Waals surface area contributed by atoms with Crippen molar-refractivity contribution in [2.45, 2.75) is 19.3 Å². The van der Waals surface area contributed by atoms with Crippen molar-refractivity contribution in [1.29, 1.82) is 5.26 Å². The topological polar surface area (TPSA) is 36.1 Å². The second-order valence-electron chi connectivity index (χ2n) is 4.05. The molecular weight excluding hydrogens is 328 g/mol. The van der Waals surface area contributed by atoms with E-state index >= 15 is 0 Å². The molecular formula is C13H9BrN2S2. The van der Waals surface area contributed by atoms with Crippen LogP contribution in [0.15, 0.2) is 20.9 Å². The van der Waals surface area contributed by atoms with Crippen molar-refractivity contribution in [2.24, 2.45) is 4.99 Å². The molecule has 0 saturated heterocycles. The second-order valence-corrected chi connectivity index (χ2v) is 7.63. The van der Waals surface area contributed by atoms with Crippen LogP contribution in [0, 0.1) is 11.3 Å². The molecule has 0 atom stereocenters. The molecule has 0 N–H and O–H groups in total. The molecule has 1 aliphatic rings. The van der Waals surface area contributed by atoms with Crippen molar-refractivity contribution < 1.29 is 0 Å². The Morgan fingerprint density at radius 3 is 2.94 bits per heavy atom. The lowest BCUT2D eigenvalue weighted by molar-refractivity contribution is 0.913. The number of aliphatic imine (C=N–C) groups is 1. The molecule has 0 radical (unpaired) electrons. The van der Waals surface area contributed by atoms with E-state index in [4.69, 9.17) is 0 Å². The summed E-state index contributed by atoms with van der Waals surface area (Å²) in [5.74, 6) is 0. The molecule has 2 heterocycles. The summed E-state index contributed by atoms with van der Waals surface area (Å²) in [5, 5.41) is 10.1. The molecule has 0 fully saturated rings. The van der Waals surface area contributed by atoms with Crippen molar-refractivity contribution in [3.63, 3.8) is 0 Å². The maximum Gasteiger partial charge on any atom is 0.134 e. The first kappa shape index (κ1) is 12.1. The molecule has 90 valence electrons. The minimum Gasteiger partial charge on any atom is -0.243 e. The van der Waals surface area contributed by atoms with Crippen LogP contribution in [-0.4, -0.2) is 6.21 Å². The Bertz CT molecular complexity index is 661. The van der Waals surface area contributed by atoms with Crippen molar-refractivity contribution in [2.75, 3.05) is 0 Å². The van der Waals surface area contributed by atoms with E-state index in [0.717, 1.165) is 32.1 Å². The van der Waals surface area contributed by atoms with Gasteiger partial charge < -0.3 is 0 Å². The molecule has 0 amide bonds. The largest absolute Gasteiger partial charge is 0.243 e. The molecule has 0 unspecified atom stereocenters. The molecule has 5 heteroatoms.